The second-order valence-electron chi connectivity index (χ2n) is 7.76. The second-order valence-corrected chi connectivity index (χ2v) is 7.76. The fourth-order valence-electron chi connectivity index (χ4n) is 4.39. The summed E-state index contributed by atoms with van der Waals surface area (Å²) >= 11 is 0. The lowest BCUT2D eigenvalue weighted by atomic mass is 9.91. The molecule has 6 nitrogen and oxygen atoms in total. The van der Waals surface area contributed by atoms with Crippen LogP contribution in [0.1, 0.15) is 55.8 Å². The highest BCUT2D eigenvalue weighted by atomic mass is 16.5. The van der Waals surface area contributed by atoms with Crippen molar-refractivity contribution < 1.29 is 19.1 Å². The van der Waals surface area contributed by atoms with Gasteiger partial charge in [0.05, 0.1) is 14.2 Å². The Hall–Kier alpha value is -2.24. The Morgan fingerprint density at radius 3 is 2.18 bits per heavy atom. The van der Waals surface area contributed by atoms with E-state index < -0.39 is 0 Å². The van der Waals surface area contributed by atoms with Gasteiger partial charge in [0.1, 0.15) is 11.5 Å². The number of hydrogen-bond donors (Lipinski definition) is 0. The Labute approximate surface area is 167 Å². The van der Waals surface area contributed by atoms with Crippen molar-refractivity contribution in [3.05, 3.63) is 23.8 Å². The van der Waals surface area contributed by atoms with Crippen LogP contribution in [-0.4, -0.2) is 61.5 Å². The predicted octanol–water partition coefficient (Wildman–Crippen LogP) is 3.35. The molecule has 2 amide bonds. The van der Waals surface area contributed by atoms with Crippen molar-refractivity contribution in [1.82, 2.24) is 9.80 Å². The standard InChI is InChI=1S/C22H32N2O4/c1-4-18-7-5-6-10-24(18)22(26)16-8-11-23(12-9-16)21(25)17-13-19(27-2)15-20(14-17)28-3/h13-16,18H,4-12H2,1-3H3. The van der Waals surface area contributed by atoms with Crippen LogP contribution < -0.4 is 9.47 Å². The van der Waals surface area contributed by atoms with Gasteiger partial charge in [-0.05, 0) is 50.7 Å². The highest BCUT2D eigenvalue weighted by Crippen LogP contribution is 2.28. The smallest absolute Gasteiger partial charge is 0.254 e. The summed E-state index contributed by atoms with van der Waals surface area (Å²) in [7, 11) is 3.15. The SMILES string of the molecule is CCC1CCCCN1C(=O)C1CCN(C(=O)c2cc(OC)cc(OC)c2)CC1. The van der Waals surface area contributed by atoms with Gasteiger partial charge in [-0.25, -0.2) is 0 Å². The molecule has 2 aliphatic rings. The van der Waals surface area contributed by atoms with Gasteiger partial charge < -0.3 is 19.3 Å². The van der Waals surface area contributed by atoms with E-state index >= 15 is 0 Å². The maximum Gasteiger partial charge on any atom is 0.254 e. The summed E-state index contributed by atoms with van der Waals surface area (Å²) in [5.74, 6) is 1.50. The number of benzene rings is 1. The summed E-state index contributed by atoms with van der Waals surface area (Å²) in [5.41, 5.74) is 0.558. The summed E-state index contributed by atoms with van der Waals surface area (Å²) in [5, 5.41) is 0. The monoisotopic (exact) mass is 388 g/mol. The van der Waals surface area contributed by atoms with Crippen molar-refractivity contribution in [3.63, 3.8) is 0 Å². The van der Waals surface area contributed by atoms with Crippen molar-refractivity contribution in [2.24, 2.45) is 5.92 Å². The third-order valence-corrected chi connectivity index (χ3v) is 6.11. The van der Waals surface area contributed by atoms with E-state index in [1.165, 1.54) is 6.42 Å². The Kier molecular flexibility index (Phi) is 6.81. The van der Waals surface area contributed by atoms with Crippen molar-refractivity contribution in [2.75, 3.05) is 33.9 Å². The van der Waals surface area contributed by atoms with Crippen molar-refractivity contribution in [1.29, 1.82) is 0 Å². The third-order valence-electron chi connectivity index (χ3n) is 6.11. The Morgan fingerprint density at radius 2 is 1.61 bits per heavy atom. The molecule has 1 unspecified atom stereocenters. The van der Waals surface area contributed by atoms with E-state index in [4.69, 9.17) is 9.47 Å². The number of piperidine rings is 2. The first-order valence-electron chi connectivity index (χ1n) is 10.4. The van der Waals surface area contributed by atoms with E-state index in [2.05, 4.69) is 11.8 Å². The Balaban J connectivity index is 1.62. The first-order chi connectivity index (χ1) is 13.6. The molecule has 6 heteroatoms. The quantitative estimate of drug-likeness (QED) is 0.776. The van der Waals surface area contributed by atoms with E-state index in [0.29, 0.717) is 42.1 Å². The maximum atomic E-state index is 13.0. The molecule has 3 rings (SSSR count). The molecule has 2 heterocycles. The van der Waals surface area contributed by atoms with Crippen LogP contribution >= 0.6 is 0 Å². The van der Waals surface area contributed by atoms with Crippen molar-refractivity contribution >= 4 is 11.8 Å². The second kappa shape index (κ2) is 9.30. The largest absolute Gasteiger partial charge is 0.497 e. The topological polar surface area (TPSA) is 59.1 Å². The number of carbonyl (C=O) groups excluding carboxylic acids is 2. The molecule has 2 fully saturated rings. The third kappa shape index (κ3) is 4.42. The highest BCUT2D eigenvalue weighted by Gasteiger charge is 2.34. The van der Waals surface area contributed by atoms with Crippen LogP contribution in [0, 0.1) is 5.92 Å². The molecule has 0 aromatic heterocycles. The molecule has 2 saturated heterocycles. The molecule has 1 aromatic carbocycles. The molecule has 0 saturated carbocycles. The molecule has 0 spiro atoms. The van der Waals surface area contributed by atoms with Gasteiger partial charge >= 0.3 is 0 Å². The number of amides is 2. The Bertz CT molecular complexity index is 676. The van der Waals surface area contributed by atoms with Crippen LogP contribution in [0.15, 0.2) is 18.2 Å². The molecule has 0 radical (unpaired) electrons. The zero-order valence-corrected chi connectivity index (χ0v) is 17.3. The summed E-state index contributed by atoms with van der Waals surface area (Å²) < 4.78 is 10.5. The molecule has 1 aromatic rings. The summed E-state index contributed by atoms with van der Waals surface area (Å²) in [6.45, 7) is 4.28. The van der Waals surface area contributed by atoms with Crippen molar-refractivity contribution in [2.45, 2.75) is 51.5 Å². The zero-order chi connectivity index (χ0) is 20.1. The maximum absolute atomic E-state index is 13.0. The van der Waals surface area contributed by atoms with Gasteiger partial charge in [0, 0.05) is 43.2 Å². The lowest BCUT2D eigenvalue weighted by molar-refractivity contribution is -0.140. The minimum absolute atomic E-state index is 0.0347. The molecule has 2 aliphatic heterocycles. The van der Waals surface area contributed by atoms with Gasteiger partial charge in [0.25, 0.3) is 5.91 Å². The molecule has 1 atom stereocenters. The average molecular weight is 389 g/mol. The van der Waals surface area contributed by atoms with E-state index in [0.717, 1.165) is 38.6 Å². The van der Waals surface area contributed by atoms with Crippen LogP contribution in [0.5, 0.6) is 11.5 Å². The van der Waals surface area contributed by atoms with Crippen molar-refractivity contribution in [3.8, 4) is 11.5 Å². The van der Waals surface area contributed by atoms with E-state index in [1.807, 2.05) is 4.90 Å². The first kappa shape index (κ1) is 20.5. The number of ether oxygens (including phenoxy) is 2. The number of nitrogens with zero attached hydrogens (tertiary/aromatic N) is 2. The van der Waals surface area contributed by atoms with Gasteiger partial charge in [0.2, 0.25) is 5.91 Å². The highest BCUT2D eigenvalue weighted by molar-refractivity contribution is 5.95. The number of hydrogen-bond acceptors (Lipinski definition) is 4. The lowest BCUT2D eigenvalue weighted by Gasteiger charge is -2.39. The van der Waals surface area contributed by atoms with Crippen LogP contribution in [0.2, 0.25) is 0 Å². The number of rotatable bonds is 5. The van der Waals surface area contributed by atoms with Crippen LogP contribution in [0.3, 0.4) is 0 Å². The van der Waals surface area contributed by atoms with E-state index in [9.17, 15) is 9.59 Å². The number of carbonyl (C=O) groups is 2. The predicted molar refractivity (Wildman–Crippen MR) is 108 cm³/mol. The molecule has 154 valence electrons. The molecular formula is C22H32N2O4. The molecule has 28 heavy (non-hydrogen) atoms. The average Bonchev–Trinajstić information content (AvgIpc) is 2.77. The molecule has 0 N–H and O–H groups in total. The fraction of sp³-hybridized carbons (Fsp3) is 0.636. The normalized spacial score (nSPS) is 20.8. The summed E-state index contributed by atoms with van der Waals surface area (Å²) in [6, 6.07) is 5.62. The van der Waals surface area contributed by atoms with Crippen LogP contribution in [0.25, 0.3) is 0 Å². The zero-order valence-electron chi connectivity index (χ0n) is 17.3. The molecule has 0 bridgehead atoms. The van der Waals surface area contributed by atoms with Gasteiger partial charge in [-0.3, -0.25) is 9.59 Å². The van der Waals surface area contributed by atoms with Gasteiger partial charge in [-0.2, -0.15) is 0 Å². The minimum Gasteiger partial charge on any atom is -0.497 e. The Morgan fingerprint density at radius 1 is 0.964 bits per heavy atom. The molecular weight excluding hydrogens is 356 g/mol. The van der Waals surface area contributed by atoms with Gasteiger partial charge in [0.15, 0.2) is 0 Å². The lowest BCUT2D eigenvalue weighted by Crippen LogP contribution is -2.49. The fourth-order valence-corrected chi connectivity index (χ4v) is 4.39. The van der Waals surface area contributed by atoms with Crippen LogP contribution in [0.4, 0.5) is 0 Å². The first-order valence-corrected chi connectivity index (χ1v) is 10.4. The van der Waals surface area contributed by atoms with E-state index in [-0.39, 0.29) is 11.8 Å². The molecule has 0 aliphatic carbocycles. The number of methoxy groups -OCH3 is 2. The van der Waals surface area contributed by atoms with Crippen LogP contribution in [-0.2, 0) is 4.79 Å². The number of likely N-dealkylation sites (tertiary alicyclic amines) is 2. The van der Waals surface area contributed by atoms with Gasteiger partial charge in [-0.15, -0.1) is 0 Å². The summed E-state index contributed by atoms with van der Waals surface area (Å²) in [4.78, 5) is 29.9. The summed E-state index contributed by atoms with van der Waals surface area (Å²) in [6.07, 6.45) is 5.95. The van der Waals surface area contributed by atoms with Gasteiger partial charge in [-0.1, -0.05) is 6.92 Å². The minimum atomic E-state index is -0.0347. The van der Waals surface area contributed by atoms with E-state index in [1.54, 1.807) is 32.4 Å².